The van der Waals surface area contributed by atoms with E-state index in [4.69, 9.17) is 5.11 Å². The van der Waals surface area contributed by atoms with E-state index in [1.54, 1.807) is 24.3 Å². The van der Waals surface area contributed by atoms with Gasteiger partial charge in [0.25, 0.3) is 0 Å². The molecular formula is C16H21NO4. The molecule has 5 heteroatoms. The molecule has 1 aliphatic heterocycles. The number of rotatable bonds is 4. The van der Waals surface area contributed by atoms with E-state index >= 15 is 0 Å². The predicted octanol–water partition coefficient (Wildman–Crippen LogP) is 1.25. The number of ether oxygens (including phenoxy) is 1. The molecule has 1 aliphatic rings. The van der Waals surface area contributed by atoms with Crippen molar-refractivity contribution in [3.8, 4) is 0 Å². The zero-order valence-electron chi connectivity index (χ0n) is 12.2. The number of aliphatic hydroxyl groups is 1. The number of benzene rings is 1. The van der Waals surface area contributed by atoms with Gasteiger partial charge in [0.05, 0.1) is 19.1 Å². The Balaban J connectivity index is 1.89. The lowest BCUT2D eigenvalue weighted by atomic mass is 9.97. The van der Waals surface area contributed by atoms with Crippen LogP contribution in [0.15, 0.2) is 24.3 Å². The third kappa shape index (κ3) is 4.04. The molecule has 1 N–H and O–H groups in total. The van der Waals surface area contributed by atoms with Gasteiger partial charge in [-0.05, 0) is 36.5 Å². The predicted molar refractivity (Wildman–Crippen MR) is 77.9 cm³/mol. The second-order valence-electron chi connectivity index (χ2n) is 5.37. The zero-order valence-corrected chi connectivity index (χ0v) is 12.2. The van der Waals surface area contributed by atoms with Gasteiger partial charge in [0.15, 0.2) is 0 Å². The first-order chi connectivity index (χ1) is 10.1. The minimum atomic E-state index is -0.376. The first-order valence-electron chi connectivity index (χ1n) is 7.20. The second-order valence-corrected chi connectivity index (χ2v) is 5.37. The Morgan fingerprint density at radius 2 is 1.86 bits per heavy atom. The molecule has 114 valence electrons. The van der Waals surface area contributed by atoms with Crippen molar-refractivity contribution in [2.45, 2.75) is 19.3 Å². The molecule has 1 aromatic carbocycles. The van der Waals surface area contributed by atoms with Crippen LogP contribution in [-0.4, -0.2) is 48.7 Å². The number of piperidine rings is 1. The maximum Gasteiger partial charge on any atom is 0.337 e. The fourth-order valence-electron chi connectivity index (χ4n) is 2.53. The molecular weight excluding hydrogens is 270 g/mol. The number of carbonyl (C=O) groups is 2. The molecule has 1 amide bonds. The molecule has 0 spiro atoms. The smallest absolute Gasteiger partial charge is 0.337 e. The van der Waals surface area contributed by atoms with Crippen LogP contribution in [0.1, 0.15) is 28.8 Å². The Bertz CT molecular complexity index is 490. The van der Waals surface area contributed by atoms with Crippen molar-refractivity contribution in [1.82, 2.24) is 4.90 Å². The van der Waals surface area contributed by atoms with Gasteiger partial charge in [0.1, 0.15) is 0 Å². The molecule has 0 atom stereocenters. The molecule has 0 unspecified atom stereocenters. The Labute approximate surface area is 124 Å². The number of likely N-dealkylation sites (tertiary alicyclic amines) is 1. The van der Waals surface area contributed by atoms with Crippen LogP contribution in [-0.2, 0) is 16.0 Å². The third-order valence-corrected chi connectivity index (χ3v) is 3.96. The van der Waals surface area contributed by atoms with E-state index in [0.717, 1.165) is 18.4 Å². The van der Waals surface area contributed by atoms with Crippen molar-refractivity contribution in [2.75, 3.05) is 26.8 Å². The summed E-state index contributed by atoms with van der Waals surface area (Å²) in [6.45, 7) is 1.63. The molecule has 1 fully saturated rings. The summed E-state index contributed by atoms with van der Waals surface area (Å²) in [6, 6.07) is 6.91. The summed E-state index contributed by atoms with van der Waals surface area (Å²) < 4.78 is 4.64. The minimum Gasteiger partial charge on any atom is -0.465 e. The van der Waals surface area contributed by atoms with Crippen LogP contribution in [0.3, 0.4) is 0 Å². The Hall–Kier alpha value is -1.88. The topological polar surface area (TPSA) is 66.8 Å². The van der Waals surface area contributed by atoms with E-state index in [1.807, 2.05) is 4.90 Å². The lowest BCUT2D eigenvalue weighted by Crippen LogP contribution is -2.40. The largest absolute Gasteiger partial charge is 0.465 e. The highest BCUT2D eigenvalue weighted by Gasteiger charge is 2.22. The number of hydrogen-bond donors (Lipinski definition) is 1. The number of methoxy groups -OCH3 is 1. The van der Waals surface area contributed by atoms with Gasteiger partial charge in [-0.1, -0.05) is 12.1 Å². The fraction of sp³-hybridized carbons (Fsp3) is 0.500. The number of nitrogens with zero attached hydrogens (tertiary/aromatic N) is 1. The second kappa shape index (κ2) is 7.22. The lowest BCUT2D eigenvalue weighted by Gasteiger charge is -2.31. The van der Waals surface area contributed by atoms with Crippen molar-refractivity contribution >= 4 is 11.9 Å². The van der Waals surface area contributed by atoms with Crippen LogP contribution < -0.4 is 0 Å². The van der Waals surface area contributed by atoms with Crippen LogP contribution in [0.5, 0.6) is 0 Å². The zero-order chi connectivity index (χ0) is 15.2. The monoisotopic (exact) mass is 291 g/mol. The van der Waals surface area contributed by atoms with Crippen molar-refractivity contribution in [3.05, 3.63) is 35.4 Å². The SMILES string of the molecule is COC(=O)c1ccc(CC(=O)N2CCC(CO)CC2)cc1. The van der Waals surface area contributed by atoms with Gasteiger partial charge >= 0.3 is 5.97 Å². The first kappa shape index (κ1) is 15.5. The summed E-state index contributed by atoms with van der Waals surface area (Å²) in [5, 5.41) is 9.10. The van der Waals surface area contributed by atoms with Crippen molar-refractivity contribution in [3.63, 3.8) is 0 Å². The summed E-state index contributed by atoms with van der Waals surface area (Å²) in [4.78, 5) is 25.4. The Morgan fingerprint density at radius 3 is 2.38 bits per heavy atom. The van der Waals surface area contributed by atoms with E-state index < -0.39 is 0 Å². The summed E-state index contributed by atoms with van der Waals surface area (Å²) in [6.07, 6.45) is 2.07. The van der Waals surface area contributed by atoms with E-state index in [2.05, 4.69) is 4.74 Å². The van der Waals surface area contributed by atoms with Gasteiger partial charge < -0.3 is 14.7 Å². The highest BCUT2D eigenvalue weighted by molar-refractivity contribution is 5.89. The molecule has 21 heavy (non-hydrogen) atoms. The molecule has 0 aromatic heterocycles. The lowest BCUT2D eigenvalue weighted by molar-refractivity contribution is -0.132. The first-order valence-corrected chi connectivity index (χ1v) is 7.20. The average Bonchev–Trinajstić information content (AvgIpc) is 2.55. The van der Waals surface area contributed by atoms with E-state index in [0.29, 0.717) is 31.0 Å². The van der Waals surface area contributed by atoms with Gasteiger partial charge in [0.2, 0.25) is 5.91 Å². The molecule has 1 aromatic rings. The molecule has 2 rings (SSSR count). The number of amides is 1. The molecule has 1 saturated heterocycles. The van der Waals surface area contributed by atoms with Gasteiger partial charge in [-0.3, -0.25) is 4.79 Å². The standard InChI is InChI=1S/C16H21NO4/c1-21-16(20)14-4-2-12(3-5-14)10-15(19)17-8-6-13(11-18)7-9-17/h2-5,13,18H,6-11H2,1H3. The minimum absolute atomic E-state index is 0.0946. The maximum atomic E-state index is 12.2. The number of esters is 1. The summed E-state index contributed by atoms with van der Waals surface area (Å²) in [5.41, 5.74) is 1.37. The fourth-order valence-corrected chi connectivity index (χ4v) is 2.53. The van der Waals surface area contributed by atoms with Gasteiger partial charge in [-0.25, -0.2) is 4.79 Å². The van der Waals surface area contributed by atoms with Crippen LogP contribution in [0.4, 0.5) is 0 Å². The maximum absolute atomic E-state index is 12.2. The van der Waals surface area contributed by atoms with Crippen LogP contribution in [0.2, 0.25) is 0 Å². The summed E-state index contributed by atoms with van der Waals surface area (Å²) >= 11 is 0. The van der Waals surface area contributed by atoms with Crippen molar-refractivity contribution in [1.29, 1.82) is 0 Å². The third-order valence-electron chi connectivity index (χ3n) is 3.96. The van der Waals surface area contributed by atoms with Crippen LogP contribution >= 0.6 is 0 Å². The molecule has 5 nitrogen and oxygen atoms in total. The Kier molecular flexibility index (Phi) is 5.33. The van der Waals surface area contributed by atoms with E-state index in [9.17, 15) is 9.59 Å². The van der Waals surface area contributed by atoms with E-state index in [1.165, 1.54) is 7.11 Å². The molecule has 0 aliphatic carbocycles. The number of aliphatic hydroxyl groups excluding tert-OH is 1. The quantitative estimate of drug-likeness (QED) is 0.848. The molecule has 0 saturated carbocycles. The average molecular weight is 291 g/mol. The van der Waals surface area contributed by atoms with Crippen molar-refractivity contribution in [2.24, 2.45) is 5.92 Å². The summed E-state index contributed by atoms with van der Waals surface area (Å²) in [5.74, 6) is 0.0459. The number of hydrogen-bond acceptors (Lipinski definition) is 4. The Morgan fingerprint density at radius 1 is 1.24 bits per heavy atom. The van der Waals surface area contributed by atoms with Crippen LogP contribution in [0.25, 0.3) is 0 Å². The van der Waals surface area contributed by atoms with Gasteiger partial charge in [-0.2, -0.15) is 0 Å². The van der Waals surface area contributed by atoms with Crippen molar-refractivity contribution < 1.29 is 19.4 Å². The highest BCUT2D eigenvalue weighted by atomic mass is 16.5. The van der Waals surface area contributed by atoms with Gasteiger partial charge in [0, 0.05) is 19.7 Å². The number of carbonyl (C=O) groups excluding carboxylic acids is 2. The normalized spacial score (nSPS) is 15.8. The summed E-state index contributed by atoms with van der Waals surface area (Å²) in [7, 11) is 1.34. The van der Waals surface area contributed by atoms with E-state index in [-0.39, 0.29) is 18.5 Å². The molecule has 1 heterocycles. The van der Waals surface area contributed by atoms with Crippen LogP contribution in [0, 0.1) is 5.92 Å². The molecule has 0 radical (unpaired) electrons. The highest BCUT2D eigenvalue weighted by Crippen LogP contribution is 2.17. The molecule has 0 bridgehead atoms. The van der Waals surface area contributed by atoms with Gasteiger partial charge in [-0.15, -0.1) is 0 Å².